The van der Waals surface area contributed by atoms with Crippen LogP contribution in [0, 0.1) is 18.6 Å². The molecular weight excluding hydrogens is 376 g/mol. The summed E-state index contributed by atoms with van der Waals surface area (Å²) >= 11 is 0. The van der Waals surface area contributed by atoms with Gasteiger partial charge in [-0.1, -0.05) is 29.8 Å². The summed E-state index contributed by atoms with van der Waals surface area (Å²) in [6.07, 6.45) is 0. The van der Waals surface area contributed by atoms with Gasteiger partial charge in [-0.15, -0.1) is 0 Å². The lowest BCUT2D eigenvalue weighted by molar-refractivity contribution is -0.114. The van der Waals surface area contributed by atoms with E-state index in [1.54, 1.807) is 36.4 Å². The number of nitrogens with one attached hydrogen (secondary N) is 3. The van der Waals surface area contributed by atoms with E-state index in [-0.39, 0.29) is 18.1 Å². The summed E-state index contributed by atoms with van der Waals surface area (Å²) < 4.78 is 26.6. The monoisotopic (exact) mass is 395 g/mol. The number of hydrogen-bond acceptors (Lipinski definition) is 3. The van der Waals surface area contributed by atoms with Crippen LogP contribution in [0.5, 0.6) is 0 Å². The third-order valence-electron chi connectivity index (χ3n) is 4.13. The number of aryl methyl sites for hydroxylation is 1. The van der Waals surface area contributed by atoms with Gasteiger partial charge in [-0.25, -0.2) is 8.78 Å². The fourth-order valence-electron chi connectivity index (χ4n) is 2.63. The molecule has 0 unspecified atom stereocenters. The van der Waals surface area contributed by atoms with Crippen molar-refractivity contribution in [2.45, 2.75) is 6.92 Å². The fraction of sp³-hybridized carbons (Fsp3) is 0.0909. The van der Waals surface area contributed by atoms with E-state index in [2.05, 4.69) is 16.0 Å². The van der Waals surface area contributed by atoms with Gasteiger partial charge in [-0.05, 0) is 43.3 Å². The quantitative estimate of drug-likeness (QED) is 0.572. The average Bonchev–Trinajstić information content (AvgIpc) is 2.70. The maximum atomic E-state index is 13.6. The summed E-state index contributed by atoms with van der Waals surface area (Å²) in [5, 5.41) is 8.03. The molecule has 0 radical (unpaired) electrons. The Labute approximate surface area is 166 Å². The molecule has 0 fully saturated rings. The fourth-order valence-corrected chi connectivity index (χ4v) is 2.63. The van der Waals surface area contributed by atoms with E-state index in [4.69, 9.17) is 0 Å². The van der Waals surface area contributed by atoms with Crippen molar-refractivity contribution in [1.29, 1.82) is 0 Å². The van der Waals surface area contributed by atoms with E-state index in [1.165, 1.54) is 0 Å². The summed E-state index contributed by atoms with van der Waals surface area (Å²) in [6, 6.07) is 17.0. The maximum Gasteiger partial charge on any atom is 0.257 e. The first-order valence-electron chi connectivity index (χ1n) is 8.88. The second-order valence-corrected chi connectivity index (χ2v) is 6.39. The van der Waals surface area contributed by atoms with E-state index in [0.717, 1.165) is 17.7 Å². The molecule has 0 aliphatic carbocycles. The van der Waals surface area contributed by atoms with Crippen LogP contribution in [-0.4, -0.2) is 18.4 Å². The van der Waals surface area contributed by atoms with Crippen molar-refractivity contribution in [3.63, 3.8) is 0 Å². The first-order valence-corrected chi connectivity index (χ1v) is 8.88. The average molecular weight is 395 g/mol. The number of para-hydroxylation sites is 1. The van der Waals surface area contributed by atoms with Gasteiger partial charge < -0.3 is 16.0 Å². The van der Waals surface area contributed by atoms with Gasteiger partial charge in [0.05, 0.1) is 17.8 Å². The molecule has 0 atom stereocenters. The highest BCUT2D eigenvalue weighted by molar-refractivity contribution is 6.08. The van der Waals surface area contributed by atoms with E-state index >= 15 is 0 Å². The first-order chi connectivity index (χ1) is 13.9. The van der Waals surface area contributed by atoms with Crippen LogP contribution in [-0.2, 0) is 4.79 Å². The molecule has 0 aliphatic rings. The van der Waals surface area contributed by atoms with Gasteiger partial charge >= 0.3 is 0 Å². The highest BCUT2D eigenvalue weighted by atomic mass is 19.1. The summed E-state index contributed by atoms with van der Waals surface area (Å²) in [4.78, 5) is 24.7. The predicted octanol–water partition coefficient (Wildman–Crippen LogP) is 4.58. The number of rotatable bonds is 6. The van der Waals surface area contributed by atoms with Crippen molar-refractivity contribution in [2.75, 3.05) is 22.5 Å². The van der Waals surface area contributed by atoms with E-state index in [1.807, 2.05) is 19.1 Å². The number of carbonyl (C=O) groups excluding carboxylic acids is 2. The van der Waals surface area contributed by atoms with Crippen LogP contribution in [0.3, 0.4) is 0 Å². The molecule has 2 amide bonds. The van der Waals surface area contributed by atoms with Crippen molar-refractivity contribution < 1.29 is 18.4 Å². The van der Waals surface area contributed by atoms with Crippen LogP contribution in [0.2, 0.25) is 0 Å². The van der Waals surface area contributed by atoms with Crippen molar-refractivity contribution in [3.05, 3.63) is 89.5 Å². The number of hydrogen-bond donors (Lipinski definition) is 3. The summed E-state index contributed by atoms with van der Waals surface area (Å²) in [7, 11) is 0. The number of anilines is 3. The zero-order valence-electron chi connectivity index (χ0n) is 15.6. The third-order valence-corrected chi connectivity index (χ3v) is 4.13. The van der Waals surface area contributed by atoms with E-state index < -0.39 is 17.5 Å². The molecule has 3 aromatic rings. The number of carbonyl (C=O) groups is 2. The van der Waals surface area contributed by atoms with Crippen molar-refractivity contribution in [1.82, 2.24) is 0 Å². The lowest BCUT2D eigenvalue weighted by Gasteiger charge is -2.13. The second-order valence-electron chi connectivity index (χ2n) is 6.39. The molecule has 148 valence electrons. The van der Waals surface area contributed by atoms with E-state index in [9.17, 15) is 18.4 Å². The van der Waals surface area contributed by atoms with Crippen LogP contribution in [0.4, 0.5) is 25.8 Å². The molecule has 3 rings (SSSR count). The Morgan fingerprint density at radius 3 is 2.31 bits per heavy atom. The molecule has 3 aromatic carbocycles. The Balaban J connectivity index is 1.64. The molecule has 5 nitrogen and oxygen atoms in total. The lowest BCUT2D eigenvalue weighted by Crippen LogP contribution is -2.23. The summed E-state index contributed by atoms with van der Waals surface area (Å²) in [5.74, 6) is -2.46. The molecule has 0 heterocycles. The molecule has 0 aliphatic heterocycles. The van der Waals surface area contributed by atoms with Crippen LogP contribution in [0.15, 0.2) is 66.7 Å². The minimum Gasteiger partial charge on any atom is -0.376 e. The zero-order chi connectivity index (χ0) is 20.8. The van der Waals surface area contributed by atoms with Crippen LogP contribution < -0.4 is 16.0 Å². The Morgan fingerprint density at radius 1 is 0.862 bits per heavy atom. The normalized spacial score (nSPS) is 10.3. The molecule has 0 saturated carbocycles. The van der Waals surface area contributed by atoms with Crippen molar-refractivity contribution in [3.8, 4) is 0 Å². The molecule has 29 heavy (non-hydrogen) atoms. The second kappa shape index (κ2) is 8.97. The molecule has 0 saturated heterocycles. The standard InChI is InChI=1S/C22H19F2N3O2/c1-14-6-9-16(10-7-14)26-22(29)17-4-2-3-5-19(17)25-13-21(28)27-20-11-8-15(23)12-18(20)24/h2-12,25H,13H2,1H3,(H,26,29)(H,27,28). The Kier molecular flexibility index (Phi) is 6.19. The van der Waals surface area contributed by atoms with Gasteiger partial charge in [0.25, 0.3) is 5.91 Å². The third kappa shape index (κ3) is 5.38. The minimum absolute atomic E-state index is 0.122. The number of amides is 2. The highest BCUT2D eigenvalue weighted by Crippen LogP contribution is 2.18. The molecule has 0 bridgehead atoms. The highest BCUT2D eigenvalue weighted by Gasteiger charge is 2.13. The largest absolute Gasteiger partial charge is 0.376 e. The molecule has 7 heteroatoms. The summed E-state index contributed by atoms with van der Waals surface area (Å²) in [5.41, 5.74) is 2.41. The smallest absolute Gasteiger partial charge is 0.257 e. The first kappa shape index (κ1) is 20.0. The molecule has 3 N–H and O–H groups in total. The molecule has 0 spiro atoms. The summed E-state index contributed by atoms with van der Waals surface area (Å²) in [6.45, 7) is 1.75. The zero-order valence-corrected chi connectivity index (χ0v) is 15.6. The predicted molar refractivity (Wildman–Crippen MR) is 109 cm³/mol. The van der Waals surface area contributed by atoms with Crippen molar-refractivity contribution in [2.24, 2.45) is 0 Å². The number of halogens is 2. The van der Waals surface area contributed by atoms with Crippen LogP contribution in [0.1, 0.15) is 15.9 Å². The minimum atomic E-state index is -0.865. The topological polar surface area (TPSA) is 70.2 Å². The SMILES string of the molecule is Cc1ccc(NC(=O)c2ccccc2NCC(=O)Nc2ccc(F)cc2F)cc1. The lowest BCUT2D eigenvalue weighted by atomic mass is 10.1. The van der Waals surface area contributed by atoms with Gasteiger partial charge in [0.15, 0.2) is 0 Å². The maximum absolute atomic E-state index is 13.6. The van der Waals surface area contributed by atoms with Gasteiger partial charge in [0.2, 0.25) is 5.91 Å². The number of benzene rings is 3. The van der Waals surface area contributed by atoms with E-state index in [0.29, 0.717) is 23.0 Å². The Hall–Kier alpha value is -3.74. The van der Waals surface area contributed by atoms with Crippen LogP contribution in [0.25, 0.3) is 0 Å². The Bertz CT molecular complexity index is 1040. The van der Waals surface area contributed by atoms with Gasteiger partial charge in [0.1, 0.15) is 11.6 Å². The van der Waals surface area contributed by atoms with Gasteiger partial charge in [-0.3, -0.25) is 9.59 Å². The Morgan fingerprint density at radius 2 is 1.59 bits per heavy atom. The van der Waals surface area contributed by atoms with Gasteiger partial charge in [-0.2, -0.15) is 0 Å². The molecular formula is C22H19F2N3O2. The van der Waals surface area contributed by atoms with Gasteiger partial charge in [0, 0.05) is 17.4 Å². The van der Waals surface area contributed by atoms with Crippen molar-refractivity contribution >= 4 is 28.9 Å². The molecule has 0 aromatic heterocycles. The van der Waals surface area contributed by atoms with Crippen LogP contribution >= 0.6 is 0 Å².